The third-order valence-electron chi connectivity index (χ3n) is 7.84. The highest BCUT2D eigenvalue weighted by atomic mass is 32.1. The number of hydrogen-bond donors (Lipinski definition) is 1. The predicted octanol–water partition coefficient (Wildman–Crippen LogP) is 4.94. The normalized spacial score (nSPS) is 15.1. The lowest BCUT2D eigenvalue weighted by molar-refractivity contribution is -0.138. The van der Waals surface area contributed by atoms with Crippen molar-refractivity contribution in [2.75, 3.05) is 13.4 Å². The first kappa shape index (κ1) is 30.7. The van der Waals surface area contributed by atoms with Crippen molar-refractivity contribution >= 4 is 35.0 Å². The van der Waals surface area contributed by atoms with E-state index in [0.29, 0.717) is 43.4 Å². The molecule has 1 aromatic heterocycles. The van der Waals surface area contributed by atoms with E-state index < -0.39 is 18.0 Å². The van der Waals surface area contributed by atoms with Crippen molar-refractivity contribution in [2.24, 2.45) is 4.99 Å². The summed E-state index contributed by atoms with van der Waals surface area (Å²) in [5, 5.41) is 9.24. The van der Waals surface area contributed by atoms with Crippen LogP contribution in [0.5, 0.6) is 17.2 Å². The lowest BCUT2D eigenvalue weighted by Crippen LogP contribution is -2.40. The maximum Gasteiger partial charge on any atom is 0.338 e. The third-order valence-corrected chi connectivity index (χ3v) is 8.83. The predicted molar refractivity (Wildman–Crippen MR) is 178 cm³/mol. The van der Waals surface area contributed by atoms with E-state index in [1.807, 2.05) is 48.5 Å². The summed E-state index contributed by atoms with van der Waals surface area (Å²) in [7, 11) is 0. The first-order valence-corrected chi connectivity index (χ1v) is 15.9. The molecule has 5 aromatic rings. The molecule has 0 bridgehead atoms. The maximum absolute atomic E-state index is 14.2. The number of hydrogen-bond acceptors (Lipinski definition) is 9. The molecule has 11 heteroatoms. The van der Waals surface area contributed by atoms with Crippen LogP contribution in [0, 0.1) is 0 Å². The number of aromatic carboxylic acids is 1. The minimum atomic E-state index is -0.998. The van der Waals surface area contributed by atoms with Gasteiger partial charge in [-0.15, -0.1) is 0 Å². The Balaban J connectivity index is 1.29. The molecular formula is C37H28N2O8S. The number of carboxylic acid groups (broad SMARTS) is 1. The molecule has 1 N–H and O–H groups in total. The van der Waals surface area contributed by atoms with Crippen LogP contribution in [0.3, 0.4) is 0 Å². The zero-order valence-corrected chi connectivity index (χ0v) is 26.4. The Morgan fingerprint density at radius 2 is 1.77 bits per heavy atom. The van der Waals surface area contributed by atoms with Gasteiger partial charge in [-0.05, 0) is 66.1 Å². The number of esters is 1. The van der Waals surface area contributed by atoms with Crippen molar-refractivity contribution in [3.05, 3.63) is 150 Å². The summed E-state index contributed by atoms with van der Waals surface area (Å²) >= 11 is 1.23. The van der Waals surface area contributed by atoms with Crippen LogP contribution in [0.4, 0.5) is 0 Å². The monoisotopic (exact) mass is 660 g/mol. The Bertz CT molecular complexity index is 2260. The average Bonchev–Trinajstić information content (AvgIpc) is 3.71. The van der Waals surface area contributed by atoms with Gasteiger partial charge >= 0.3 is 11.9 Å². The first-order valence-electron chi connectivity index (χ1n) is 15.1. The number of carbonyl (C=O) groups excluding carboxylic acids is 1. The van der Waals surface area contributed by atoms with E-state index in [4.69, 9.17) is 23.9 Å². The molecule has 0 unspecified atom stereocenters. The van der Waals surface area contributed by atoms with E-state index in [1.54, 1.807) is 55.5 Å². The van der Waals surface area contributed by atoms with E-state index in [0.717, 1.165) is 11.1 Å². The van der Waals surface area contributed by atoms with Crippen molar-refractivity contribution in [2.45, 2.75) is 19.6 Å². The first-order chi connectivity index (χ1) is 23.4. The second-order valence-electron chi connectivity index (χ2n) is 10.9. The van der Waals surface area contributed by atoms with Gasteiger partial charge in [0.1, 0.15) is 12.4 Å². The van der Waals surface area contributed by atoms with Gasteiger partial charge in [0.25, 0.3) is 5.56 Å². The number of carboxylic acids is 1. The molecular weight excluding hydrogens is 632 g/mol. The lowest BCUT2D eigenvalue weighted by atomic mass is 9.93. The van der Waals surface area contributed by atoms with Crippen molar-refractivity contribution in [3.63, 3.8) is 0 Å². The van der Waals surface area contributed by atoms with Crippen LogP contribution in [0.15, 0.2) is 112 Å². The topological polar surface area (TPSA) is 126 Å². The zero-order valence-electron chi connectivity index (χ0n) is 25.6. The molecule has 4 aromatic carbocycles. The van der Waals surface area contributed by atoms with Crippen molar-refractivity contribution in [3.8, 4) is 17.2 Å². The van der Waals surface area contributed by atoms with Gasteiger partial charge in [-0.25, -0.2) is 14.6 Å². The van der Waals surface area contributed by atoms with Gasteiger partial charge in [-0.2, -0.15) is 0 Å². The number of fused-ring (bicyclic) bond motifs is 2. The number of rotatable bonds is 9. The molecule has 7 rings (SSSR count). The Morgan fingerprint density at radius 3 is 2.54 bits per heavy atom. The highest BCUT2D eigenvalue weighted by Crippen LogP contribution is 2.40. The molecule has 0 fully saturated rings. The molecule has 10 nitrogen and oxygen atoms in total. The molecule has 0 spiro atoms. The van der Waals surface area contributed by atoms with Crippen LogP contribution in [0.25, 0.3) is 11.8 Å². The van der Waals surface area contributed by atoms with Gasteiger partial charge < -0.3 is 24.1 Å². The number of aromatic nitrogens is 1. The standard InChI is InChI=1S/C37H28N2O8S/c1-2-44-36(43)31-32(24-8-4-3-5-9-24)38-37-39(33(31)25-13-16-28-29(19-25)47-21-46-28)34(40)30(48-37)18-22-11-14-27(15-12-22)45-20-23-7-6-10-26(17-23)35(41)42/h3-19,33H,2,20-21H2,1H3,(H,41,42)/b30-18-/t33-/m0/s1. The summed E-state index contributed by atoms with van der Waals surface area (Å²) in [6, 6.07) is 27.7. The van der Waals surface area contributed by atoms with E-state index >= 15 is 0 Å². The second-order valence-corrected chi connectivity index (χ2v) is 11.9. The van der Waals surface area contributed by atoms with Gasteiger partial charge in [-0.3, -0.25) is 9.36 Å². The lowest BCUT2D eigenvalue weighted by Gasteiger charge is -2.26. The molecule has 0 radical (unpaired) electrons. The molecule has 240 valence electrons. The summed E-state index contributed by atoms with van der Waals surface area (Å²) < 4.78 is 24.5. The summed E-state index contributed by atoms with van der Waals surface area (Å²) in [5.74, 6) is 0.124. The van der Waals surface area contributed by atoms with Gasteiger partial charge in [0.2, 0.25) is 6.79 Å². The van der Waals surface area contributed by atoms with Crippen LogP contribution < -0.4 is 29.1 Å². The quantitative estimate of drug-likeness (QED) is 0.221. The second kappa shape index (κ2) is 13.0. The van der Waals surface area contributed by atoms with Crippen LogP contribution in [-0.4, -0.2) is 35.0 Å². The molecule has 2 aliphatic heterocycles. The van der Waals surface area contributed by atoms with Crippen molar-refractivity contribution in [1.82, 2.24) is 4.57 Å². The molecule has 2 aliphatic rings. The van der Waals surface area contributed by atoms with Gasteiger partial charge in [0, 0.05) is 5.56 Å². The molecule has 0 saturated heterocycles. The Hall–Kier alpha value is -5.94. The Morgan fingerprint density at radius 1 is 0.979 bits per heavy atom. The van der Waals surface area contributed by atoms with Gasteiger partial charge in [0.15, 0.2) is 16.3 Å². The fourth-order valence-electron chi connectivity index (χ4n) is 5.61. The summed E-state index contributed by atoms with van der Waals surface area (Å²) in [6.07, 6.45) is 1.77. The summed E-state index contributed by atoms with van der Waals surface area (Å²) in [5.41, 5.74) is 3.41. The summed E-state index contributed by atoms with van der Waals surface area (Å²) in [4.78, 5) is 44.5. The van der Waals surface area contributed by atoms with Crippen LogP contribution in [0.1, 0.15) is 45.6 Å². The van der Waals surface area contributed by atoms with E-state index in [9.17, 15) is 19.5 Å². The largest absolute Gasteiger partial charge is 0.489 e. The SMILES string of the molecule is CCOC(=O)C1=C(c2ccccc2)N=c2s/c(=C\c3ccc(OCc4cccc(C(=O)O)c4)cc3)c(=O)n2[C@H]1c1ccc2c(c1)OCO2. The molecule has 0 aliphatic carbocycles. The fraction of sp³-hybridized carbons (Fsp3) is 0.135. The molecule has 0 saturated carbocycles. The molecule has 3 heterocycles. The summed E-state index contributed by atoms with van der Waals surface area (Å²) in [6.45, 7) is 2.17. The zero-order chi connectivity index (χ0) is 33.2. The van der Waals surface area contributed by atoms with E-state index in [1.165, 1.54) is 22.0 Å². The number of benzene rings is 4. The number of thiazole rings is 1. The van der Waals surface area contributed by atoms with E-state index in [2.05, 4.69) is 0 Å². The fourth-order valence-corrected chi connectivity index (χ4v) is 6.61. The Kier molecular flexibility index (Phi) is 8.35. The van der Waals surface area contributed by atoms with Crippen molar-refractivity contribution < 1.29 is 33.6 Å². The number of carbonyl (C=O) groups is 2. The minimum absolute atomic E-state index is 0.0825. The number of nitrogens with zero attached hydrogens (tertiary/aromatic N) is 2. The highest BCUT2D eigenvalue weighted by Gasteiger charge is 2.36. The molecule has 48 heavy (non-hydrogen) atoms. The van der Waals surface area contributed by atoms with E-state index in [-0.39, 0.29) is 36.7 Å². The third kappa shape index (κ3) is 5.98. The van der Waals surface area contributed by atoms with Crippen molar-refractivity contribution in [1.29, 1.82) is 0 Å². The molecule has 0 amide bonds. The maximum atomic E-state index is 14.2. The van der Waals surface area contributed by atoms with Gasteiger partial charge in [0.05, 0.1) is 34.0 Å². The average molecular weight is 661 g/mol. The Labute approximate surface area is 278 Å². The van der Waals surface area contributed by atoms with Gasteiger partial charge in [-0.1, -0.05) is 72.0 Å². The highest BCUT2D eigenvalue weighted by molar-refractivity contribution is 7.07. The van der Waals surface area contributed by atoms with Crippen LogP contribution in [0.2, 0.25) is 0 Å². The van der Waals surface area contributed by atoms with Crippen LogP contribution in [-0.2, 0) is 16.1 Å². The minimum Gasteiger partial charge on any atom is -0.489 e. The smallest absolute Gasteiger partial charge is 0.338 e. The molecule has 1 atom stereocenters. The number of ether oxygens (including phenoxy) is 4. The van der Waals surface area contributed by atoms with Crippen LogP contribution >= 0.6 is 11.3 Å².